The van der Waals surface area contributed by atoms with E-state index in [2.05, 4.69) is 16.0 Å². The summed E-state index contributed by atoms with van der Waals surface area (Å²) >= 11 is 0. The third kappa shape index (κ3) is 6.20. The van der Waals surface area contributed by atoms with E-state index in [9.17, 15) is 14.4 Å². The summed E-state index contributed by atoms with van der Waals surface area (Å²) < 4.78 is 42.3. The zero-order chi connectivity index (χ0) is 31.6. The van der Waals surface area contributed by atoms with Crippen molar-refractivity contribution in [3.8, 4) is 29.3 Å². The molecule has 45 heavy (non-hydrogen) atoms. The van der Waals surface area contributed by atoms with Gasteiger partial charge in [-0.05, 0) is 54.8 Å². The number of fused-ring (bicyclic) bond motifs is 1. The van der Waals surface area contributed by atoms with Gasteiger partial charge in [0.05, 0.1) is 30.5 Å². The second kappa shape index (κ2) is 12.1. The monoisotopic (exact) mass is 604 g/mol. The highest BCUT2D eigenvalue weighted by Gasteiger charge is 2.43. The summed E-state index contributed by atoms with van der Waals surface area (Å²) in [6, 6.07) is 21.4. The number of rotatable bonds is 10. The van der Waals surface area contributed by atoms with Crippen LogP contribution in [0.15, 0.2) is 66.7 Å². The Morgan fingerprint density at radius 1 is 0.978 bits per heavy atom. The molecule has 0 saturated heterocycles. The number of halogens is 2. The van der Waals surface area contributed by atoms with Gasteiger partial charge in [0.15, 0.2) is 11.3 Å². The molecule has 0 N–H and O–H groups in total. The van der Waals surface area contributed by atoms with E-state index in [4.69, 9.17) is 19.7 Å². The topological polar surface area (TPSA) is 127 Å². The molecule has 0 radical (unpaired) electrons. The Bertz CT molecular complexity index is 2020. The smallest absolute Gasteiger partial charge is 0.356 e. The Morgan fingerprint density at radius 2 is 1.78 bits per heavy atom. The molecule has 1 aliphatic rings. The minimum absolute atomic E-state index is 0.0894. The number of pyridine rings is 2. The van der Waals surface area contributed by atoms with Gasteiger partial charge in [0.25, 0.3) is 0 Å². The number of ether oxygens (including phenoxy) is 2. The van der Waals surface area contributed by atoms with Crippen LogP contribution in [-0.4, -0.2) is 32.6 Å². The van der Waals surface area contributed by atoms with Crippen LogP contribution in [0.5, 0.6) is 5.88 Å². The highest BCUT2D eigenvalue weighted by molar-refractivity contribution is 5.89. The van der Waals surface area contributed by atoms with Crippen molar-refractivity contribution in [2.45, 2.75) is 38.8 Å². The molecule has 0 bridgehead atoms. The van der Waals surface area contributed by atoms with Gasteiger partial charge in [-0.1, -0.05) is 24.3 Å². The lowest BCUT2D eigenvalue weighted by molar-refractivity contribution is 0.0594. The lowest BCUT2D eigenvalue weighted by atomic mass is 10.0. The van der Waals surface area contributed by atoms with Crippen LogP contribution in [0.2, 0.25) is 0 Å². The van der Waals surface area contributed by atoms with Crippen molar-refractivity contribution in [3.05, 3.63) is 107 Å². The van der Waals surface area contributed by atoms with Gasteiger partial charge in [0.2, 0.25) is 5.88 Å². The van der Waals surface area contributed by atoms with Crippen LogP contribution < -0.4 is 4.74 Å². The molecule has 0 amide bonds. The van der Waals surface area contributed by atoms with Gasteiger partial charge in [-0.15, -0.1) is 0 Å². The second-order valence-corrected chi connectivity index (χ2v) is 11.0. The van der Waals surface area contributed by atoms with Crippen molar-refractivity contribution in [2.75, 3.05) is 7.11 Å². The molecule has 1 aliphatic carbocycles. The molecule has 5 aromatic rings. The van der Waals surface area contributed by atoms with Crippen LogP contribution in [0, 0.1) is 39.7 Å². The normalized spacial score (nSPS) is 13.2. The SMILES string of the molecule is COC(=O)c1ccc2nc(Cc3ccc(-c4cccc(OCc5ccc(C#N)cc5F)n4)cc3F)n(CC3(CC#N)CC3)c2n1. The van der Waals surface area contributed by atoms with Crippen molar-refractivity contribution in [1.82, 2.24) is 19.5 Å². The molecule has 2 aromatic carbocycles. The highest BCUT2D eigenvalue weighted by Crippen LogP contribution is 2.50. The molecule has 0 atom stereocenters. The summed E-state index contributed by atoms with van der Waals surface area (Å²) in [6.45, 7) is 0.390. The van der Waals surface area contributed by atoms with Gasteiger partial charge in [-0.25, -0.2) is 28.5 Å². The number of hydrogen-bond acceptors (Lipinski definition) is 8. The molecule has 3 heterocycles. The van der Waals surface area contributed by atoms with Gasteiger partial charge in [-0.3, -0.25) is 0 Å². The molecule has 11 heteroatoms. The lowest BCUT2D eigenvalue weighted by Crippen LogP contribution is -2.15. The number of carbonyl (C=O) groups is 1. The Morgan fingerprint density at radius 3 is 2.49 bits per heavy atom. The van der Waals surface area contributed by atoms with E-state index in [1.165, 1.54) is 25.3 Å². The molecule has 9 nitrogen and oxygen atoms in total. The first kappa shape index (κ1) is 29.4. The predicted molar refractivity (Wildman–Crippen MR) is 159 cm³/mol. The zero-order valence-electron chi connectivity index (χ0n) is 24.3. The van der Waals surface area contributed by atoms with Crippen molar-refractivity contribution in [3.63, 3.8) is 0 Å². The molecule has 1 fully saturated rings. The van der Waals surface area contributed by atoms with Crippen LogP contribution in [0.4, 0.5) is 8.78 Å². The largest absolute Gasteiger partial charge is 0.473 e. The summed E-state index contributed by atoms with van der Waals surface area (Å²) in [5.41, 5.74) is 2.87. The van der Waals surface area contributed by atoms with E-state index in [-0.39, 0.29) is 41.1 Å². The maximum absolute atomic E-state index is 15.6. The van der Waals surface area contributed by atoms with E-state index in [0.717, 1.165) is 18.9 Å². The van der Waals surface area contributed by atoms with Gasteiger partial charge < -0.3 is 14.0 Å². The number of imidazole rings is 1. The number of hydrogen-bond donors (Lipinski definition) is 0. The van der Waals surface area contributed by atoms with Crippen LogP contribution >= 0.6 is 0 Å². The van der Waals surface area contributed by atoms with E-state index in [1.807, 2.05) is 10.6 Å². The van der Waals surface area contributed by atoms with E-state index in [1.54, 1.807) is 42.5 Å². The van der Waals surface area contributed by atoms with E-state index < -0.39 is 17.6 Å². The van der Waals surface area contributed by atoms with Gasteiger partial charge in [0, 0.05) is 42.0 Å². The fraction of sp³-hybridized carbons (Fsp3) is 0.235. The number of nitriles is 2. The number of methoxy groups -OCH3 is 1. The lowest BCUT2D eigenvalue weighted by Gasteiger charge is -2.16. The maximum Gasteiger partial charge on any atom is 0.356 e. The van der Waals surface area contributed by atoms with Gasteiger partial charge >= 0.3 is 5.97 Å². The third-order valence-electron chi connectivity index (χ3n) is 7.95. The molecule has 224 valence electrons. The first-order chi connectivity index (χ1) is 21.8. The van der Waals surface area contributed by atoms with Gasteiger partial charge in [-0.2, -0.15) is 10.5 Å². The number of benzene rings is 2. The average molecular weight is 605 g/mol. The first-order valence-corrected chi connectivity index (χ1v) is 14.2. The van der Waals surface area contributed by atoms with Crippen molar-refractivity contribution in [1.29, 1.82) is 10.5 Å². The average Bonchev–Trinajstić information content (AvgIpc) is 3.74. The molecule has 6 rings (SSSR count). The Hall–Kier alpha value is -5.68. The molecular weight excluding hydrogens is 578 g/mol. The Labute approximate surface area is 257 Å². The van der Waals surface area contributed by atoms with Crippen molar-refractivity contribution in [2.24, 2.45) is 5.41 Å². The zero-order valence-corrected chi connectivity index (χ0v) is 24.3. The molecule has 0 aliphatic heterocycles. The van der Waals surface area contributed by atoms with Gasteiger partial charge in [0.1, 0.15) is 29.6 Å². The Kier molecular flexibility index (Phi) is 7.93. The summed E-state index contributed by atoms with van der Waals surface area (Å²) in [7, 11) is 1.28. The predicted octanol–water partition coefficient (Wildman–Crippen LogP) is 6.29. The fourth-order valence-electron chi connectivity index (χ4n) is 5.20. The number of carbonyl (C=O) groups excluding carboxylic acids is 1. The minimum Gasteiger partial charge on any atom is -0.473 e. The second-order valence-electron chi connectivity index (χ2n) is 11.0. The third-order valence-corrected chi connectivity index (χ3v) is 7.95. The van der Waals surface area contributed by atoms with Crippen LogP contribution in [0.25, 0.3) is 22.4 Å². The van der Waals surface area contributed by atoms with Crippen molar-refractivity contribution >= 4 is 17.1 Å². The molecule has 1 saturated carbocycles. The quantitative estimate of drug-likeness (QED) is 0.170. The number of nitrogens with zero attached hydrogens (tertiary/aromatic N) is 6. The molecule has 0 unspecified atom stereocenters. The molecular formula is C34H26F2N6O3. The first-order valence-electron chi connectivity index (χ1n) is 14.2. The maximum atomic E-state index is 15.6. The van der Waals surface area contributed by atoms with E-state index >= 15 is 4.39 Å². The number of aromatic nitrogens is 4. The van der Waals surface area contributed by atoms with Crippen LogP contribution in [-0.2, 0) is 24.3 Å². The summed E-state index contributed by atoms with van der Waals surface area (Å²) in [4.78, 5) is 25.9. The summed E-state index contributed by atoms with van der Waals surface area (Å²) in [5, 5.41) is 18.3. The Balaban J connectivity index is 1.25. The summed E-state index contributed by atoms with van der Waals surface area (Å²) in [5.74, 6) is -0.775. The number of esters is 1. The standard InChI is InChI=1S/C34H26F2N6O3/c1-44-33(43)29-10-9-28-32(41-29)42(20-34(11-12-34)13-14-37)30(39-28)17-22-7-8-23(16-26(22)36)27-3-2-4-31(40-27)45-19-24-6-5-21(18-38)15-25(24)35/h2-10,15-16H,11-13,17,19-20H2,1H3. The van der Waals surface area contributed by atoms with Crippen LogP contribution in [0.1, 0.15) is 52.3 Å². The summed E-state index contributed by atoms with van der Waals surface area (Å²) in [6.07, 6.45) is 2.31. The highest BCUT2D eigenvalue weighted by atomic mass is 19.1. The minimum atomic E-state index is -0.574. The van der Waals surface area contributed by atoms with Crippen LogP contribution in [0.3, 0.4) is 0 Å². The van der Waals surface area contributed by atoms with Crippen molar-refractivity contribution < 1.29 is 23.0 Å². The molecule has 3 aromatic heterocycles. The fourth-order valence-corrected chi connectivity index (χ4v) is 5.20. The van der Waals surface area contributed by atoms with E-state index in [0.29, 0.717) is 46.8 Å². The molecule has 0 spiro atoms.